The summed E-state index contributed by atoms with van der Waals surface area (Å²) in [6.07, 6.45) is 4.05. The van der Waals surface area contributed by atoms with Crippen LogP contribution in [0.5, 0.6) is 0 Å². The first-order chi connectivity index (χ1) is 12.0. The molecule has 1 aromatic heterocycles. The van der Waals surface area contributed by atoms with E-state index in [1.54, 1.807) is 24.4 Å². The van der Waals surface area contributed by atoms with Crippen LogP contribution in [0.25, 0.3) is 10.9 Å². The van der Waals surface area contributed by atoms with Crippen LogP contribution in [-0.2, 0) is 9.53 Å². The van der Waals surface area contributed by atoms with Gasteiger partial charge in [-0.2, -0.15) is 5.10 Å². The maximum Gasteiger partial charge on any atom is 0.338 e. The molecule has 0 spiro atoms. The van der Waals surface area contributed by atoms with E-state index in [4.69, 9.17) is 4.74 Å². The van der Waals surface area contributed by atoms with E-state index in [2.05, 4.69) is 17.1 Å². The van der Waals surface area contributed by atoms with E-state index in [9.17, 15) is 9.59 Å². The number of aromatic amines is 1. The number of carbonyl (C=O) groups is 2. The quantitative estimate of drug-likeness (QED) is 0.865. The Bertz CT molecular complexity index is 768. The molecule has 0 bridgehead atoms. The largest absolute Gasteiger partial charge is 0.448 e. The number of piperidine rings is 1. The number of likely N-dealkylation sites (tertiary alicyclic amines) is 1. The Morgan fingerprint density at radius 3 is 2.84 bits per heavy atom. The molecule has 25 heavy (non-hydrogen) atoms. The Balaban J connectivity index is 1.76. The van der Waals surface area contributed by atoms with Gasteiger partial charge in [-0.3, -0.25) is 9.89 Å². The van der Waals surface area contributed by atoms with Crippen LogP contribution in [0.3, 0.4) is 0 Å². The molecule has 2 aromatic rings. The van der Waals surface area contributed by atoms with Crippen molar-refractivity contribution < 1.29 is 14.3 Å². The van der Waals surface area contributed by atoms with Gasteiger partial charge in [0.25, 0.3) is 5.91 Å². The molecule has 2 heterocycles. The highest BCUT2D eigenvalue weighted by Gasteiger charge is 2.34. The fourth-order valence-corrected chi connectivity index (χ4v) is 3.31. The maximum absolute atomic E-state index is 12.9. The van der Waals surface area contributed by atoms with Gasteiger partial charge in [-0.25, -0.2) is 4.79 Å². The fraction of sp³-hybridized carbons (Fsp3) is 0.526. The Morgan fingerprint density at radius 1 is 1.32 bits per heavy atom. The fourth-order valence-electron chi connectivity index (χ4n) is 3.31. The minimum atomic E-state index is -0.756. The van der Waals surface area contributed by atoms with Gasteiger partial charge >= 0.3 is 5.97 Å². The zero-order chi connectivity index (χ0) is 18.0. The maximum atomic E-state index is 12.9. The van der Waals surface area contributed by atoms with E-state index in [0.29, 0.717) is 5.56 Å². The lowest BCUT2D eigenvalue weighted by atomic mass is 9.99. The van der Waals surface area contributed by atoms with Gasteiger partial charge in [0.05, 0.1) is 17.3 Å². The van der Waals surface area contributed by atoms with Gasteiger partial charge in [-0.15, -0.1) is 0 Å². The third-order valence-electron chi connectivity index (χ3n) is 4.84. The van der Waals surface area contributed by atoms with Crippen LogP contribution in [0.2, 0.25) is 0 Å². The second kappa shape index (κ2) is 7.25. The Hall–Kier alpha value is -2.37. The van der Waals surface area contributed by atoms with Gasteiger partial charge in [0.15, 0.2) is 6.10 Å². The van der Waals surface area contributed by atoms with E-state index < -0.39 is 12.1 Å². The lowest BCUT2D eigenvalue weighted by molar-refractivity contribution is -0.146. The SMILES string of the molecule is CC(C)[C@H](OC(=O)c1ccc2[nH]ncc2c1)C(=O)N1CCCC[C@@H]1C. The summed E-state index contributed by atoms with van der Waals surface area (Å²) < 4.78 is 5.63. The highest BCUT2D eigenvalue weighted by molar-refractivity contribution is 5.96. The van der Waals surface area contributed by atoms with Gasteiger partial charge in [0, 0.05) is 18.0 Å². The zero-order valence-corrected chi connectivity index (χ0v) is 15.0. The average Bonchev–Trinajstić information content (AvgIpc) is 3.06. The van der Waals surface area contributed by atoms with Gasteiger partial charge in [0.2, 0.25) is 0 Å². The van der Waals surface area contributed by atoms with Crippen molar-refractivity contribution in [3.05, 3.63) is 30.0 Å². The second-order valence-corrected chi connectivity index (χ2v) is 7.12. The standard InChI is InChI=1S/C19H25N3O3/c1-12(2)17(18(23)22-9-5-4-6-13(22)3)25-19(24)14-7-8-16-15(10-14)11-20-21-16/h7-8,10-13,17H,4-6,9H2,1-3H3,(H,20,21)/t13-,17-/m0/s1. The number of aromatic nitrogens is 2. The van der Waals surface area contributed by atoms with Crippen molar-refractivity contribution in [2.24, 2.45) is 5.92 Å². The number of benzene rings is 1. The number of hydrogen-bond donors (Lipinski definition) is 1. The minimum Gasteiger partial charge on any atom is -0.448 e. The molecule has 0 saturated carbocycles. The van der Waals surface area contributed by atoms with Crippen LogP contribution in [-0.4, -0.2) is 45.7 Å². The summed E-state index contributed by atoms with van der Waals surface area (Å²) in [5.74, 6) is -0.636. The number of ether oxygens (including phenoxy) is 1. The average molecular weight is 343 g/mol. The molecular weight excluding hydrogens is 318 g/mol. The van der Waals surface area contributed by atoms with E-state index >= 15 is 0 Å². The highest BCUT2D eigenvalue weighted by Crippen LogP contribution is 2.22. The van der Waals surface area contributed by atoms with Gasteiger partial charge in [-0.05, 0) is 50.3 Å². The molecule has 134 valence electrons. The molecule has 1 N–H and O–H groups in total. The zero-order valence-electron chi connectivity index (χ0n) is 15.0. The van der Waals surface area contributed by atoms with Crippen molar-refractivity contribution in [1.82, 2.24) is 15.1 Å². The lowest BCUT2D eigenvalue weighted by Crippen LogP contribution is -2.49. The highest BCUT2D eigenvalue weighted by atomic mass is 16.5. The Labute approximate surface area is 147 Å². The third kappa shape index (κ3) is 3.67. The number of esters is 1. The molecule has 1 saturated heterocycles. The number of carbonyl (C=O) groups excluding carboxylic acids is 2. The number of nitrogens with one attached hydrogen (secondary N) is 1. The Morgan fingerprint density at radius 2 is 2.12 bits per heavy atom. The van der Waals surface area contributed by atoms with Crippen LogP contribution in [0.4, 0.5) is 0 Å². The van der Waals surface area contributed by atoms with E-state index in [-0.39, 0.29) is 17.9 Å². The monoisotopic (exact) mass is 343 g/mol. The van der Waals surface area contributed by atoms with Gasteiger partial charge in [0.1, 0.15) is 0 Å². The first kappa shape index (κ1) is 17.5. The molecule has 0 radical (unpaired) electrons. The minimum absolute atomic E-state index is 0.0803. The summed E-state index contributed by atoms with van der Waals surface area (Å²) in [7, 11) is 0. The predicted molar refractivity (Wildman–Crippen MR) is 95.2 cm³/mol. The molecule has 0 unspecified atom stereocenters. The molecule has 1 aromatic carbocycles. The summed E-state index contributed by atoms with van der Waals surface area (Å²) in [5, 5.41) is 7.64. The van der Waals surface area contributed by atoms with Crippen molar-refractivity contribution in [3.8, 4) is 0 Å². The number of amides is 1. The molecular formula is C19H25N3O3. The van der Waals surface area contributed by atoms with Gasteiger partial charge < -0.3 is 9.64 Å². The summed E-state index contributed by atoms with van der Waals surface area (Å²) in [6.45, 7) is 6.61. The number of nitrogens with zero attached hydrogens (tertiary/aromatic N) is 2. The first-order valence-electron chi connectivity index (χ1n) is 8.92. The van der Waals surface area contributed by atoms with Crippen LogP contribution >= 0.6 is 0 Å². The van der Waals surface area contributed by atoms with Crippen molar-refractivity contribution in [1.29, 1.82) is 0 Å². The van der Waals surface area contributed by atoms with Crippen molar-refractivity contribution in [3.63, 3.8) is 0 Å². The number of hydrogen-bond acceptors (Lipinski definition) is 4. The van der Waals surface area contributed by atoms with E-state index in [0.717, 1.165) is 36.7 Å². The topological polar surface area (TPSA) is 75.3 Å². The first-order valence-corrected chi connectivity index (χ1v) is 8.92. The molecule has 1 amide bonds. The summed E-state index contributed by atoms with van der Waals surface area (Å²) in [4.78, 5) is 27.4. The molecule has 6 heteroatoms. The molecule has 2 atom stereocenters. The lowest BCUT2D eigenvalue weighted by Gasteiger charge is -2.36. The van der Waals surface area contributed by atoms with Crippen molar-refractivity contribution in [2.75, 3.05) is 6.54 Å². The van der Waals surface area contributed by atoms with Crippen molar-refractivity contribution in [2.45, 2.75) is 52.2 Å². The smallest absolute Gasteiger partial charge is 0.338 e. The van der Waals surface area contributed by atoms with E-state index in [1.807, 2.05) is 18.7 Å². The van der Waals surface area contributed by atoms with Gasteiger partial charge in [-0.1, -0.05) is 13.8 Å². The van der Waals surface area contributed by atoms with E-state index in [1.165, 1.54) is 0 Å². The number of H-pyrrole nitrogens is 1. The number of rotatable bonds is 4. The molecule has 1 aliphatic rings. The molecule has 1 aliphatic heterocycles. The second-order valence-electron chi connectivity index (χ2n) is 7.12. The normalized spacial score (nSPS) is 19.2. The Kier molecular flexibility index (Phi) is 5.06. The predicted octanol–water partition coefficient (Wildman–Crippen LogP) is 3.15. The number of fused-ring (bicyclic) bond motifs is 1. The van der Waals surface area contributed by atoms with Crippen LogP contribution in [0.1, 0.15) is 50.4 Å². The van der Waals surface area contributed by atoms with Crippen LogP contribution in [0, 0.1) is 5.92 Å². The van der Waals surface area contributed by atoms with Crippen molar-refractivity contribution >= 4 is 22.8 Å². The molecule has 0 aliphatic carbocycles. The third-order valence-corrected chi connectivity index (χ3v) is 4.84. The summed E-state index contributed by atoms with van der Waals surface area (Å²) >= 11 is 0. The summed E-state index contributed by atoms with van der Waals surface area (Å²) in [5.41, 5.74) is 1.29. The molecule has 1 fully saturated rings. The molecule has 6 nitrogen and oxygen atoms in total. The molecule has 3 rings (SSSR count). The van der Waals surface area contributed by atoms with Crippen LogP contribution in [0.15, 0.2) is 24.4 Å². The summed E-state index contributed by atoms with van der Waals surface area (Å²) in [6, 6.07) is 5.40. The van der Waals surface area contributed by atoms with Crippen LogP contribution < -0.4 is 0 Å².